The Morgan fingerprint density at radius 3 is 2.67 bits per heavy atom. The van der Waals surface area contributed by atoms with Crippen LogP contribution in [0, 0.1) is 0 Å². The van der Waals surface area contributed by atoms with Crippen LogP contribution in [0.3, 0.4) is 0 Å². The summed E-state index contributed by atoms with van der Waals surface area (Å²) in [7, 11) is 1.36. The summed E-state index contributed by atoms with van der Waals surface area (Å²) in [5.74, 6) is -0.492. The zero-order valence-electron chi connectivity index (χ0n) is 10.5. The fraction of sp³-hybridized carbons (Fsp3) is 0.462. The van der Waals surface area contributed by atoms with Gasteiger partial charge in [0.2, 0.25) is 0 Å². The number of carbonyl (C=O) groups excluding carboxylic acids is 1. The van der Waals surface area contributed by atoms with Gasteiger partial charge in [-0.05, 0) is 30.2 Å². The van der Waals surface area contributed by atoms with Gasteiger partial charge in [-0.1, -0.05) is 30.1 Å². The van der Waals surface area contributed by atoms with Crippen molar-refractivity contribution in [3.63, 3.8) is 0 Å². The second-order valence-electron chi connectivity index (χ2n) is 4.12. The summed E-state index contributed by atoms with van der Waals surface area (Å²) in [6, 6.07) is 5.01. The minimum absolute atomic E-state index is 0.167. The molecule has 2 unspecified atom stereocenters. The van der Waals surface area contributed by atoms with E-state index < -0.39 is 0 Å². The van der Waals surface area contributed by atoms with Gasteiger partial charge in [0, 0.05) is 22.0 Å². The van der Waals surface area contributed by atoms with Crippen molar-refractivity contribution < 1.29 is 9.53 Å². The number of carbonyl (C=O) groups is 1. The highest BCUT2D eigenvalue weighted by Crippen LogP contribution is 2.32. The average molecular weight is 290 g/mol. The molecular formula is C13H17Cl2NO2. The first-order valence-corrected chi connectivity index (χ1v) is 6.52. The summed E-state index contributed by atoms with van der Waals surface area (Å²) < 4.78 is 4.70. The topological polar surface area (TPSA) is 52.3 Å². The van der Waals surface area contributed by atoms with Gasteiger partial charge in [-0.2, -0.15) is 0 Å². The number of rotatable bonds is 5. The first-order valence-electron chi connectivity index (χ1n) is 5.76. The van der Waals surface area contributed by atoms with Crippen molar-refractivity contribution >= 4 is 29.2 Å². The molecule has 100 valence electrons. The lowest BCUT2D eigenvalue weighted by Crippen LogP contribution is -2.30. The molecule has 0 saturated carbocycles. The molecule has 0 aliphatic rings. The van der Waals surface area contributed by atoms with Crippen molar-refractivity contribution in [2.24, 2.45) is 5.73 Å². The Morgan fingerprint density at radius 2 is 2.11 bits per heavy atom. The van der Waals surface area contributed by atoms with Crippen molar-refractivity contribution in [2.45, 2.75) is 31.7 Å². The summed E-state index contributed by atoms with van der Waals surface area (Å²) in [5.41, 5.74) is 6.86. The van der Waals surface area contributed by atoms with Crippen LogP contribution < -0.4 is 5.73 Å². The van der Waals surface area contributed by atoms with Crippen molar-refractivity contribution in [3.8, 4) is 0 Å². The van der Waals surface area contributed by atoms with E-state index in [1.807, 2.05) is 6.92 Å². The van der Waals surface area contributed by atoms with Crippen LogP contribution in [0.25, 0.3) is 0 Å². The first kappa shape index (κ1) is 15.3. The molecule has 0 radical (unpaired) electrons. The molecule has 2 atom stereocenters. The van der Waals surface area contributed by atoms with E-state index in [1.54, 1.807) is 18.2 Å². The van der Waals surface area contributed by atoms with Crippen LogP contribution in [0.2, 0.25) is 10.0 Å². The number of halogens is 2. The average Bonchev–Trinajstić information content (AvgIpc) is 2.37. The van der Waals surface area contributed by atoms with E-state index in [4.69, 9.17) is 33.7 Å². The van der Waals surface area contributed by atoms with Gasteiger partial charge in [0.1, 0.15) is 0 Å². The van der Waals surface area contributed by atoms with E-state index in [9.17, 15) is 4.79 Å². The van der Waals surface area contributed by atoms with Gasteiger partial charge < -0.3 is 10.5 Å². The lowest BCUT2D eigenvalue weighted by molar-refractivity contribution is -0.141. The van der Waals surface area contributed by atoms with Crippen LogP contribution in [0.15, 0.2) is 18.2 Å². The Balaban J connectivity index is 3.08. The molecule has 0 bridgehead atoms. The molecule has 0 heterocycles. The summed E-state index contributed by atoms with van der Waals surface area (Å²) in [4.78, 5) is 11.5. The van der Waals surface area contributed by atoms with Crippen LogP contribution >= 0.6 is 23.2 Å². The number of methoxy groups -OCH3 is 1. The van der Waals surface area contributed by atoms with Crippen LogP contribution in [-0.4, -0.2) is 19.1 Å². The summed E-state index contributed by atoms with van der Waals surface area (Å²) >= 11 is 12.1. The molecule has 0 aliphatic heterocycles. The van der Waals surface area contributed by atoms with Gasteiger partial charge in [0.05, 0.1) is 13.5 Å². The minimum atomic E-state index is -0.306. The van der Waals surface area contributed by atoms with Gasteiger partial charge in [-0.15, -0.1) is 0 Å². The Morgan fingerprint density at radius 1 is 1.44 bits per heavy atom. The van der Waals surface area contributed by atoms with Crippen molar-refractivity contribution in [1.29, 1.82) is 0 Å². The largest absolute Gasteiger partial charge is 0.469 e. The maximum Gasteiger partial charge on any atom is 0.306 e. The highest BCUT2D eigenvalue weighted by Gasteiger charge is 2.24. The lowest BCUT2D eigenvalue weighted by atomic mass is 9.87. The second kappa shape index (κ2) is 6.98. The molecule has 0 spiro atoms. The Hall–Kier alpha value is -0.770. The van der Waals surface area contributed by atoms with Gasteiger partial charge in [-0.3, -0.25) is 4.79 Å². The summed E-state index contributed by atoms with van der Waals surface area (Å²) in [6.07, 6.45) is 0.941. The normalized spacial score (nSPS) is 14.1. The van der Waals surface area contributed by atoms with Crippen LogP contribution in [0.5, 0.6) is 0 Å². The van der Waals surface area contributed by atoms with E-state index in [-0.39, 0.29) is 24.3 Å². The van der Waals surface area contributed by atoms with Crippen LogP contribution in [-0.2, 0) is 9.53 Å². The zero-order valence-corrected chi connectivity index (χ0v) is 12.0. The van der Waals surface area contributed by atoms with E-state index in [2.05, 4.69) is 0 Å². The lowest BCUT2D eigenvalue weighted by Gasteiger charge is -2.23. The minimum Gasteiger partial charge on any atom is -0.469 e. The van der Waals surface area contributed by atoms with Crippen molar-refractivity contribution in [3.05, 3.63) is 33.8 Å². The number of hydrogen-bond donors (Lipinski definition) is 1. The molecule has 1 aromatic carbocycles. The Kier molecular flexibility index (Phi) is 5.93. The maximum atomic E-state index is 11.5. The standard InChI is InChI=1S/C13H17Cl2NO2/c1-3-12(16)10(7-13(17)18-2)9-6-8(14)4-5-11(9)15/h4-6,10,12H,3,7,16H2,1-2H3. The summed E-state index contributed by atoms with van der Waals surface area (Å²) in [5, 5.41) is 1.14. The molecule has 0 saturated heterocycles. The van der Waals surface area contributed by atoms with Crippen molar-refractivity contribution in [2.75, 3.05) is 7.11 Å². The smallest absolute Gasteiger partial charge is 0.306 e. The number of ether oxygens (including phenoxy) is 1. The first-order chi connectivity index (χ1) is 8.49. The third-order valence-electron chi connectivity index (χ3n) is 2.96. The van der Waals surface area contributed by atoms with Crippen LogP contribution in [0.4, 0.5) is 0 Å². The van der Waals surface area contributed by atoms with Gasteiger partial charge in [-0.25, -0.2) is 0 Å². The third kappa shape index (κ3) is 3.87. The van der Waals surface area contributed by atoms with Gasteiger partial charge in [0.25, 0.3) is 0 Å². The molecule has 0 fully saturated rings. The van der Waals surface area contributed by atoms with E-state index in [0.717, 1.165) is 12.0 Å². The zero-order chi connectivity index (χ0) is 13.7. The molecule has 0 aromatic heterocycles. The molecule has 0 amide bonds. The molecule has 5 heteroatoms. The van der Waals surface area contributed by atoms with E-state index in [1.165, 1.54) is 7.11 Å². The Labute approximate surface area is 117 Å². The maximum absolute atomic E-state index is 11.5. The molecule has 3 nitrogen and oxygen atoms in total. The molecule has 0 aliphatic carbocycles. The SMILES string of the molecule is CCC(N)C(CC(=O)OC)c1cc(Cl)ccc1Cl. The third-order valence-corrected chi connectivity index (χ3v) is 3.54. The Bertz CT molecular complexity index is 423. The van der Waals surface area contributed by atoms with Gasteiger partial charge >= 0.3 is 5.97 Å². The van der Waals surface area contributed by atoms with Gasteiger partial charge in [0.15, 0.2) is 0 Å². The number of esters is 1. The number of benzene rings is 1. The van der Waals surface area contributed by atoms with E-state index in [0.29, 0.717) is 10.0 Å². The monoisotopic (exact) mass is 289 g/mol. The van der Waals surface area contributed by atoms with Crippen molar-refractivity contribution in [1.82, 2.24) is 0 Å². The fourth-order valence-corrected chi connectivity index (χ4v) is 2.28. The second-order valence-corrected chi connectivity index (χ2v) is 4.97. The number of hydrogen-bond acceptors (Lipinski definition) is 3. The fourth-order valence-electron chi connectivity index (χ4n) is 1.84. The highest BCUT2D eigenvalue weighted by atomic mass is 35.5. The van der Waals surface area contributed by atoms with E-state index >= 15 is 0 Å². The highest BCUT2D eigenvalue weighted by molar-refractivity contribution is 6.33. The molecular weight excluding hydrogens is 273 g/mol. The van der Waals surface area contributed by atoms with Crippen LogP contribution in [0.1, 0.15) is 31.2 Å². The summed E-state index contributed by atoms with van der Waals surface area (Å²) in [6.45, 7) is 1.97. The molecule has 2 N–H and O–H groups in total. The quantitative estimate of drug-likeness (QED) is 0.846. The number of nitrogens with two attached hydrogens (primary N) is 1. The molecule has 18 heavy (non-hydrogen) atoms. The predicted octanol–water partition coefficient (Wildman–Crippen LogP) is 3.38. The molecule has 1 rings (SSSR count). The molecule has 1 aromatic rings. The predicted molar refractivity (Wildman–Crippen MR) is 74.1 cm³/mol.